The van der Waals surface area contributed by atoms with Crippen molar-refractivity contribution in [3.63, 3.8) is 0 Å². The van der Waals surface area contributed by atoms with Crippen LogP contribution in [0, 0.1) is 0 Å². The quantitative estimate of drug-likeness (QED) is 0.298. The number of anilines is 1. The van der Waals surface area contributed by atoms with Gasteiger partial charge in [0.25, 0.3) is 5.56 Å². The number of carbonyl (C=O) groups excluding carboxylic acids is 2. The summed E-state index contributed by atoms with van der Waals surface area (Å²) in [6, 6.07) is 13.8. The first-order valence-electron chi connectivity index (χ1n) is 16.1. The normalized spacial score (nSPS) is 19.0. The molecule has 14 heteroatoms. The maximum Gasteiger partial charge on any atom is 0.410 e. The summed E-state index contributed by atoms with van der Waals surface area (Å²) in [6.07, 6.45) is 5.91. The minimum Gasteiger partial charge on any atom is -0.444 e. The fourth-order valence-electron chi connectivity index (χ4n) is 6.22. The third-order valence-corrected chi connectivity index (χ3v) is 8.90. The highest BCUT2D eigenvalue weighted by Crippen LogP contribution is 2.31. The molecule has 0 spiro atoms. The maximum atomic E-state index is 13.9. The summed E-state index contributed by atoms with van der Waals surface area (Å²) in [6.45, 7) is 7.05. The SMILES string of the molecule is CC(C)(C)OC(=O)N1CCN2c3cccc(c3)[C@@H](n3cnc(-c4cc(Cl)ccc4-n4cc(Cl)nn4)cc3=O)CCCCCNC(=O)[C@@H]2C1. The van der Waals surface area contributed by atoms with Gasteiger partial charge in [0.15, 0.2) is 5.15 Å². The molecule has 0 aliphatic carbocycles. The largest absolute Gasteiger partial charge is 0.444 e. The summed E-state index contributed by atoms with van der Waals surface area (Å²) in [5.41, 5.74) is 2.59. The van der Waals surface area contributed by atoms with Gasteiger partial charge < -0.3 is 19.9 Å². The Bertz CT molecular complexity index is 1870. The lowest BCUT2D eigenvalue weighted by Gasteiger charge is -2.42. The fraction of sp³-hybridized carbons (Fsp3) is 0.412. The Kier molecular flexibility index (Phi) is 9.75. The first kappa shape index (κ1) is 33.5. The molecule has 6 rings (SSSR count). The van der Waals surface area contributed by atoms with Crippen LogP contribution in [-0.4, -0.2) is 79.3 Å². The molecule has 2 aromatic heterocycles. The van der Waals surface area contributed by atoms with Crippen molar-refractivity contribution in [1.29, 1.82) is 0 Å². The van der Waals surface area contributed by atoms with Crippen LogP contribution in [0.15, 0.2) is 65.8 Å². The van der Waals surface area contributed by atoms with Gasteiger partial charge in [-0.3, -0.25) is 14.2 Å². The van der Waals surface area contributed by atoms with Gasteiger partial charge in [-0.1, -0.05) is 53.4 Å². The van der Waals surface area contributed by atoms with Crippen molar-refractivity contribution >= 4 is 40.9 Å². The molecule has 2 amide bonds. The maximum absolute atomic E-state index is 13.9. The van der Waals surface area contributed by atoms with Crippen molar-refractivity contribution in [2.45, 2.75) is 64.1 Å². The fourth-order valence-corrected chi connectivity index (χ4v) is 6.52. The van der Waals surface area contributed by atoms with Gasteiger partial charge in [-0.05, 0) is 69.5 Å². The number of halogens is 2. The zero-order valence-electron chi connectivity index (χ0n) is 27.1. The molecule has 4 heterocycles. The number of ether oxygens (including phenoxy) is 1. The highest BCUT2D eigenvalue weighted by Gasteiger charge is 2.36. The molecule has 1 saturated heterocycles. The van der Waals surface area contributed by atoms with Crippen LogP contribution in [0.5, 0.6) is 0 Å². The molecule has 0 unspecified atom stereocenters. The third-order valence-electron chi connectivity index (χ3n) is 8.49. The van der Waals surface area contributed by atoms with Crippen LogP contribution in [0.2, 0.25) is 10.2 Å². The van der Waals surface area contributed by atoms with Gasteiger partial charge in [0.2, 0.25) is 5.91 Å². The zero-order valence-corrected chi connectivity index (χ0v) is 28.6. The summed E-state index contributed by atoms with van der Waals surface area (Å²) in [5.74, 6) is -0.131. The topological polar surface area (TPSA) is 127 Å². The number of aromatic nitrogens is 5. The molecular formula is C34H38Cl2N8O4. The first-order valence-corrected chi connectivity index (χ1v) is 16.8. The smallest absolute Gasteiger partial charge is 0.410 e. The van der Waals surface area contributed by atoms with Crippen LogP contribution in [-0.2, 0) is 9.53 Å². The molecule has 0 saturated carbocycles. The Morgan fingerprint density at radius 1 is 1.00 bits per heavy atom. The number of nitrogens with zero attached hydrogens (tertiary/aromatic N) is 7. The Morgan fingerprint density at radius 3 is 2.58 bits per heavy atom. The van der Waals surface area contributed by atoms with Gasteiger partial charge >= 0.3 is 6.09 Å². The summed E-state index contributed by atoms with van der Waals surface area (Å²) in [5, 5.41) is 11.7. The number of rotatable bonds is 3. The molecular weight excluding hydrogens is 655 g/mol. The van der Waals surface area contributed by atoms with E-state index >= 15 is 0 Å². The van der Waals surface area contributed by atoms with Gasteiger partial charge in [-0.25, -0.2) is 14.5 Å². The Labute approximate surface area is 288 Å². The molecule has 0 radical (unpaired) electrons. The number of amides is 2. The molecule has 48 heavy (non-hydrogen) atoms. The molecule has 12 nitrogen and oxygen atoms in total. The van der Waals surface area contributed by atoms with Crippen LogP contribution >= 0.6 is 23.2 Å². The molecule has 1 N–H and O–H groups in total. The summed E-state index contributed by atoms with van der Waals surface area (Å²) in [7, 11) is 0. The molecule has 2 atom stereocenters. The van der Waals surface area contributed by atoms with Crippen LogP contribution in [0.1, 0.15) is 58.1 Å². The van der Waals surface area contributed by atoms with Crippen LogP contribution < -0.4 is 15.8 Å². The van der Waals surface area contributed by atoms with E-state index in [0.717, 1.165) is 30.5 Å². The van der Waals surface area contributed by atoms with Gasteiger partial charge in [0.05, 0.1) is 36.5 Å². The van der Waals surface area contributed by atoms with E-state index in [1.54, 1.807) is 40.2 Å². The average Bonchev–Trinajstić information content (AvgIpc) is 3.49. The number of carbonyl (C=O) groups is 2. The molecule has 252 valence electrons. The van der Waals surface area contributed by atoms with Crippen molar-refractivity contribution in [2.75, 3.05) is 31.1 Å². The highest BCUT2D eigenvalue weighted by molar-refractivity contribution is 6.31. The van der Waals surface area contributed by atoms with E-state index in [0.29, 0.717) is 48.0 Å². The van der Waals surface area contributed by atoms with E-state index in [-0.39, 0.29) is 29.2 Å². The van der Waals surface area contributed by atoms with Crippen LogP contribution in [0.3, 0.4) is 0 Å². The predicted octanol–water partition coefficient (Wildman–Crippen LogP) is 5.50. The molecule has 4 aromatic rings. The summed E-state index contributed by atoms with van der Waals surface area (Å²) < 4.78 is 8.80. The summed E-state index contributed by atoms with van der Waals surface area (Å²) >= 11 is 12.4. The number of hydrogen-bond donors (Lipinski definition) is 1. The van der Waals surface area contributed by atoms with E-state index < -0.39 is 17.7 Å². The standard InChI is InChI=1S/C34H38Cl2N8O4/c1-34(2,3)48-33(47)41-14-15-42-24-9-7-8-22(16-24)27(10-5-4-6-13-37-32(46)29(42)19-41)43-21-38-26(18-31(43)45)25-17-23(35)11-12-28(25)44-20-30(36)39-40-44/h7-9,11-12,16-18,20-21,27,29H,4-6,10,13-15,19H2,1-3H3,(H,37,46)/t27-,29-/m0/s1. The van der Waals surface area contributed by atoms with Gasteiger partial charge in [0, 0.05) is 42.0 Å². The second-order valence-electron chi connectivity index (χ2n) is 13.1. The Morgan fingerprint density at radius 2 is 1.83 bits per heavy atom. The number of fused-ring (bicyclic) bond motifs is 4. The van der Waals surface area contributed by atoms with E-state index in [1.807, 2.05) is 49.9 Å². The lowest BCUT2D eigenvalue weighted by Crippen LogP contribution is -2.60. The lowest BCUT2D eigenvalue weighted by atomic mass is 9.98. The minimum atomic E-state index is -0.641. The van der Waals surface area contributed by atoms with E-state index in [2.05, 4.69) is 15.6 Å². The van der Waals surface area contributed by atoms with Gasteiger partial charge in [-0.2, -0.15) is 0 Å². The number of piperazine rings is 1. The highest BCUT2D eigenvalue weighted by atomic mass is 35.5. The number of hydrogen-bond acceptors (Lipinski definition) is 8. The van der Waals surface area contributed by atoms with E-state index in [4.69, 9.17) is 32.9 Å². The average molecular weight is 694 g/mol. The number of nitrogens with one attached hydrogen (secondary N) is 1. The predicted molar refractivity (Wildman–Crippen MR) is 184 cm³/mol. The van der Waals surface area contributed by atoms with Crippen molar-refractivity contribution < 1.29 is 14.3 Å². The van der Waals surface area contributed by atoms with Crippen molar-refractivity contribution in [3.8, 4) is 16.9 Å². The molecule has 2 bridgehead atoms. The third kappa shape index (κ3) is 7.50. The minimum absolute atomic E-state index is 0.131. The summed E-state index contributed by atoms with van der Waals surface area (Å²) in [4.78, 5) is 48.7. The monoisotopic (exact) mass is 692 g/mol. The molecule has 1 fully saturated rings. The second-order valence-corrected chi connectivity index (χ2v) is 13.9. The Balaban J connectivity index is 1.33. The second kappa shape index (κ2) is 14.0. The van der Waals surface area contributed by atoms with Gasteiger partial charge in [0.1, 0.15) is 11.6 Å². The molecule has 2 aliphatic heterocycles. The first-order chi connectivity index (χ1) is 23.0. The lowest BCUT2D eigenvalue weighted by molar-refractivity contribution is -0.123. The van der Waals surface area contributed by atoms with Gasteiger partial charge in [-0.15, -0.1) is 5.10 Å². The van der Waals surface area contributed by atoms with E-state index in [1.165, 1.54) is 10.7 Å². The van der Waals surface area contributed by atoms with Crippen molar-refractivity contribution in [2.24, 2.45) is 0 Å². The molecule has 2 aliphatic rings. The van der Waals surface area contributed by atoms with E-state index in [9.17, 15) is 14.4 Å². The van der Waals surface area contributed by atoms with Crippen molar-refractivity contribution in [1.82, 2.24) is 34.8 Å². The Hall–Kier alpha value is -4.42. The van der Waals surface area contributed by atoms with Crippen LogP contribution in [0.4, 0.5) is 10.5 Å². The van der Waals surface area contributed by atoms with Crippen molar-refractivity contribution in [3.05, 3.63) is 87.1 Å². The zero-order chi connectivity index (χ0) is 34.0. The molecule has 2 aromatic carbocycles. The van der Waals surface area contributed by atoms with Crippen LogP contribution in [0.25, 0.3) is 16.9 Å². The number of benzene rings is 2.